The van der Waals surface area contributed by atoms with Crippen LogP contribution >= 0.6 is 63.7 Å². The first-order chi connectivity index (χ1) is 7.21. The van der Waals surface area contributed by atoms with E-state index in [1.807, 2.05) is 0 Å². The van der Waals surface area contributed by atoms with Gasteiger partial charge in [0.2, 0.25) is 5.78 Å². The molecule has 16 heavy (non-hydrogen) atoms. The lowest BCUT2D eigenvalue weighted by Crippen LogP contribution is -2.36. The van der Waals surface area contributed by atoms with Crippen molar-refractivity contribution in [2.75, 3.05) is 0 Å². The van der Waals surface area contributed by atoms with E-state index in [1.54, 1.807) is 0 Å². The Labute approximate surface area is 124 Å². The van der Waals surface area contributed by atoms with Crippen molar-refractivity contribution in [1.82, 2.24) is 0 Å². The Morgan fingerprint density at radius 2 is 1.56 bits per heavy atom. The van der Waals surface area contributed by atoms with E-state index >= 15 is 0 Å². The fourth-order valence-electron chi connectivity index (χ4n) is 1.04. The van der Waals surface area contributed by atoms with E-state index in [0.717, 1.165) is 0 Å². The molecule has 1 aliphatic carbocycles. The third-order valence-corrected chi connectivity index (χ3v) is 6.76. The summed E-state index contributed by atoms with van der Waals surface area (Å²) in [6.07, 6.45) is 0. The standard InChI is InChI=1S/C7H3Br4NO4/c1-7(16-12(14)15)5(10)2(8)4(13)3(9)6(7)11/h1H3. The minimum absolute atomic E-state index is 0.173. The van der Waals surface area contributed by atoms with Crippen LogP contribution in [0, 0.1) is 10.1 Å². The molecule has 0 radical (unpaired) electrons. The molecule has 0 aromatic rings. The maximum atomic E-state index is 11.6. The molecule has 1 aliphatic rings. The molecule has 0 spiro atoms. The van der Waals surface area contributed by atoms with Crippen molar-refractivity contribution in [2.45, 2.75) is 12.5 Å². The van der Waals surface area contributed by atoms with Gasteiger partial charge >= 0.3 is 0 Å². The number of hydrogen-bond acceptors (Lipinski definition) is 4. The largest absolute Gasteiger partial charge is 0.297 e. The number of nitrogens with zero attached hydrogens (tertiary/aromatic N) is 1. The van der Waals surface area contributed by atoms with Gasteiger partial charge in [0, 0.05) is 8.96 Å². The van der Waals surface area contributed by atoms with Crippen molar-refractivity contribution in [2.24, 2.45) is 0 Å². The zero-order valence-corrected chi connectivity index (χ0v) is 13.9. The van der Waals surface area contributed by atoms with Gasteiger partial charge in [-0.1, -0.05) is 31.9 Å². The molecule has 0 aliphatic heterocycles. The topological polar surface area (TPSA) is 69.4 Å². The quantitative estimate of drug-likeness (QED) is 0.444. The van der Waals surface area contributed by atoms with E-state index in [-0.39, 0.29) is 23.7 Å². The molecule has 0 unspecified atom stereocenters. The third-order valence-electron chi connectivity index (χ3n) is 1.88. The minimum atomic E-state index is -1.38. The van der Waals surface area contributed by atoms with E-state index < -0.39 is 10.7 Å². The minimum Gasteiger partial charge on any atom is -0.297 e. The monoisotopic (exact) mass is 481 g/mol. The van der Waals surface area contributed by atoms with Crippen LogP contribution in [0.4, 0.5) is 0 Å². The number of rotatable bonds is 2. The molecule has 0 saturated heterocycles. The summed E-state index contributed by atoms with van der Waals surface area (Å²) in [5.41, 5.74) is -1.38. The molecule has 88 valence electrons. The molecule has 0 fully saturated rings. The van der Waals surface area contributed by atoms with Crippen molar-refractivity contribution in [3.05, 3.63) is 28.0 Å². The van der Waals surface area contributed by atoms with Gasteiger partial charge in [-0.05, 0) is 38.8 Å². The molecule has 0 bridgehead atoms. The van der Waals surface area contributed by atoms with Gasteiger partial charge in [-0.2, -0.15) is 0 Å². The van der Waals surface area contributed by atoms with Crippen molar-refractivity contribution in [3.8, 4) is 0 Å². The molecule has 1 rings (SSSR count). The van der Waals surface area contributed by atoms with Gasteiger partial charge < -0.3 is 0 Å². The molecule has 0 aromatic heterocycles. The molecule has 0 aromatic carbocycles. The Morgan fingerprint density at radius 3 is 1.88 bits per heavy atom. The molecule has 0 N–H and O–H groups in total. The number of ketones is 1. The van der Waals surface area contributed by atoms with Gasteiger partial charge in [-0.3, -0.25) is 9.63 Å². The van der Waals surface area contributed by atoms with E-state index in [0.29, 0.717) is 0 Å². The Kier molecular flexibility index (Phi) is 4.36. The van der Waals surface area contributed by atoms with Gasteiger partial charge in [0.05, 0.1) is 8.96 Å². The van der Waals surface area contributed by atoms with E-state index in [2.05, 4.69) is 68.6 Å². The van der Waals surface area contributed by atoms with Crippen LogP contribution in [0.3, 0.4) is 0 Å². The zero-order chi connectivity index (χ0) is 12.7. The van der Waals surface area contributed by atoms with Gasteiger partial charge in [0.15, 0.2) is 5.60 Å². The number of carbonyl (C=O) groups is 1. The fourth-order valence-corrected chi connectivity index (χ4v) is 3.63. The van der Waals surface area contributed by atoms with Crippen LogP contribution in [0.15, 0.2) is 17.9 Å². The summed E-state index contributed by atoms with van der Waals surface area (Å²) < 4.78 is 0.840. The average Bonchev–Trinajstić information content (AvgIpc) is 2.21. The van der Waals surface area contributed by atoms with Crippen molar-refractivity contribution in [3.63, 3.8) is 0 Å². The molecule has 0 amide bonds. The lowest BCUT2D eigenvalue weighted by Gasteiger charge is -2.31. The molecule has 0 atom stereocenters. The number of carbonyl (C=O) groups excluding carboxylic acids is 1. The molecule has 9 heteroatoms. The Balaban J connectivity index is 3.37. The second kappa shape index (κ2) is 4.87. The fraction of sp³-hybridized carbons (Fsp3) is 0.286. The summed E-state index contributed by atoms with van der Waals surface area (Å²) in [7, 11) is 0. The second-order valence-corrected chi connectivity index (χ2v) is 6.11. The first-order valence-corrected chi connectivity index (χ1v) is 6.88. The van der Waals surface area contributed by atoms with Crippen LogP contribution in [-0.2, 0) is 9.63 Å². The normalized spacial score (nSPS) is 20.2. The zero-order valence-electron chi connectivity index (χ0n) is 7.59. The highest BCUT2D eigenvalue weighted by Crippen LogP contribution is 2.47. The highest BCUT2D eigenvalue weighted by atomic mass is 79.9. The smallest absolute Gasteiger partial charge is 0.295 e. The van der Waals surface area contributed by atoms with Crippen molar-refractivity contribution in [1.29, 1.82) is 0 Å². The molecule has 0 heterocycles. The van der Waals surface area contributed by atoms with Crippen LogP contribution < -0.4 is 0 Å². The number of hydrogen-bond donors (Lipinski definition) is 0. The first kappa shape index (κ1) is 14.3. The van der Waals surface area contributed by atoms with Crippen LogP contribution in [0.25, 0.3) is 0 Å². The summed E-state index contributed by atoms with van der Waals surface area (Å²) in [5.74, 6) is -0.330. The molecular formula is C7H3Br4NO4. The van der Waals surface area contributed by atoms with Gasteiger partial charge in [-0.15, -0.1) is 10.1 Å². The molecular weight excluding hydrogens is 482 g/mol. The summed E-state index contributed by atoms with van der Waals surface area (Å²) in [6, 6.07) is 0. The van der Waals surface area contributed by atoms with Crippen molar-refractivity contribution >= 4 is 69.5 Å². The van der Waals surface area contributed by atoms with Crippen molar-refractivity contribution < 1.29 is 14.7 Å². The maximum Gasteiger partial charge on any atom is 0.295 e. The molecule has 5 nitrogen and oxygen atoms in total. The summed E-state index contributed by atoms with van der Waals surface area (Å²) in [4.78, 5) is 26.7. The predicted octanol–water partition coefficient (Wildman–Crippen LogP) is 3.54. The second-order valence-electron chi connectivity index (χ2n) is 2.93. The Bertz CT molecular complexity index is 414. The van der Waals surface area contributed by atoms with Gasteiger partial charge in [0.1, 0.15) is 0 Å². The van der Waals surface area contributed by atoms with Crippen LogP contribution in [0.1, 0.15) is 6.92 Å². The summed E-state index contributed by atoms with van der Waals surface area (Å²) in [5, 5.41) is 9.52. The van der Waals surface area contributed by atoms with Crippen LogP contribution in [0.2, 0.25) is 0 Å². The lowest BCUT2D eigenvalue weighted by atomic mass is 10.00. The van der Waals surface area contributed by atoms with Gasteiger partial charge in [0.25, 0.3) is 5.09 Å². The average molecular weight is 485 g/mol. The highest BCUT2D eigenvalue weighted by Gasteiger charge is 2.44. The maximum absolute atomic E-state index is 11.6. The number of Topliss-reactive ketones (excluding diaryl/α,β-unsaturated/α-hetero) is 1. The van der Waals surface area contributed by atoms with E-state index in [4.69, 9.17) is 0 Å². The van der Waals surface area contributed by atoms with Crippen LogP contribution in [-0.4, -0.2) is 16.5 Å². The number of allylic oxidation sites excluding steroid dienone is 2. The Morgan fingerprint density at radius 1 is 1.19 bits per heavy atom. The predicted molar refractivity (Wildman–Crippen MR) is 71.3 cm³/mol. The van der Waals surface area contributed by atoms with E-state index in [1.165, 1.54) is 6.92 Å². The summed E-state index contributed by atoms with van der Waals surface area (Å²) in [6.45, 7) is 1.46. The van der Waals surface area contributed by atoms with Crippen LogP contribution in [0.5, 0.6) is 0 Å². The number of halogens is 4. The lowest BCUT2D eigenvalue weighted by molar-refractivity contribution is -0.773. The molecule has 0 saturated carbocycles. The summed E-state index contributed by atoms with van der Waals surface area (Å²) >= 11 is 12.3. The first-order valence-electron chi connectivity index (χ1n) is 3.71. The van der Waals surface area contributed by atoms with E-state index in [9.17, 15) is 14.9 Å². The highest BCUT2D eigenvalue weighted by molar-refractivity contribution is 9.15. The third kappa shape index (κ3) is 2.27. The Hall–Kier alpha value is 0.270. The van der Waals surface area contributed by atoms with Gasteiger partial charge in [-0.25, -0.2) is 0 Å². The SMILES string of the molecule is CC1(O[N+](=O)[O-])C(Br)=C(Br)C(=O)C(Br)=C1Br.